The summed E-state index contributed by atoms with van der Waals surface area (Å²) in [6.45, 7) is 3.19. The van der Waals surface area contributed by atoms with Gasteiger partial charge in [0.2, 0.25) is 11.8 Å². The lowest BCUT2D eigenvalue weighted by molar-refractivity contribution is -0.117. The largest absolute Gasteiger partial charge is 0.376 e. The van der Waals surface area contributed by atoms with Crippen LogP contribution >= 0.6 is 0 Å². The molecule has 2 aromatic rings. The van der Waals surface area contributed by atoms with Crippen LogP contribution < -0.4 is 21.3 Å². The van der Waals surface area contributed by atoms with Crippen molar-refractivity contribution in [2.24, 2.45) is 5.92 Å². The van der Waals surface area contributed by atoms with E-state index in [-0.39, 0.29) is 36.3 Å². The van der Waals surface area contributed by atoms with Gasteiger partial charge in [-0.25, -0.2) is 0 Å². The summed E-state index contributed by atoms with van der Waals surface area (Å²) in [6, 6.07) is 12.4. The van der Waals surface area contributed by atoms with Crippen molar-refractivity contribution in [3.8, 4) is 0 Å². The third-order valence-corrected chi connectivity index (χ3v) is 5.90. The highest BCUT2D eigenvalue weighted by Crippen LogP contribution is 2.31. The molecule has 3 amide bonds. The number of hydrogen-bond donors (Lipinski definition) is 4. The van der Waals surface area contributed by atoms with Crippen LogP contribution in [0.25, 0.3) is 0 Å². The summed E-state index contributed by atoms with van der Waals surface area (Å²) in [5.41, 5.74) is 3.44. The fourth-order valence-corrected chi connectivity index (χ4v) is 3.78. The van der Waals surface area contributed by atoms with E-state index in [4.69, 9.17) is 4.74 Å². The Morgan fingerprint density at radius 2 is 1.79 bits per heavy atom. The highest BCUT2D eigenvalue weighted by molar-refractivity contribution is 5.98. The molecule has 0 aromatic heterocycles. The van der Waals surface area contributed by atoms with Crippen LogP contribution in [0.1, 0.15) is 41.6 Å². The average Bonchev–Trinajstić information content (AvgIpc) is 3.54. The standard InChI is InChI=1S/C25H30N4O4/c1-16-21(8-3-9-22(16)29-25(32)17-10-11-17)26-15-23(30)28-19-6-2-5-18(13-19)24(31)27-14-20-7-4-12-33-20/h2-3,5-6,8-9,13,17,20,26H,4,7,10-12,14-15H2,1H3,(H,27,31)(H,28,30)(H,29,32). The van der Waals surface area contributed by atoms with Crippen LogP contribution in [0, 0.1) is 12.8 Å². The maximum absolute atomic E-state index is 12.5. The fraction of sp³-hybridized carbons (Fsp3) is 0.400. The average molecular weight is 451 g/mol. The lowest BCUT2D eigenvalue weighted by Gasteiger charge is -2.14. The second-order valence-electron chi connectivity index (χ2n) is 8.57. The molecule has 2 aromatic carbocycles. The molecule has 1 atom stereocenters. The normalized spacial score (nSPS) is 17.3. The van der Waals surface area contributed by atoms with Crippen molar-refractivity contribution < 1.29 is 19.1 Å². The van der Waals surface area contributed by atoms with Gasteiger partial charge in [-0.2, -0.15) is 0 Å². The first-order valence-electron chi connectivity index (χ1n) is 11.4. The Morgan fingerprint density at radius 3 is 2.55 bits per heavy atom. The molecule has 1 saturated heterocycles. The summed E-state index contributed by atoms with van der Waals surface area (Å²) < 4.78 is 5.53. The highest BCUT2D eigenvalue weighted by Gasteiger charge is 2.29. The first-order valence-corrected chi connectivity index (χ1v) is 11.4. The number of carbonyl (C=O) groups is 3. The summed E-state index contributed by atoms with van der Waals surface area (Å²) in [5.74, 6) is -0.257. The predicted molar refractivity (Wildman–Crippen MR) is 127 cm³/mol. The number of amides is 3. The summed E-state index contributed by atoms with van der Waals surface area (Å²) in [6.07, 6.45) is 3.95. The third-order valence-electron chi connectivity index (χ3n) is 5.90. The molecule has 0 spiro atoms. The maximum atomic E-state index is 12.5. The molecular weight excluding hydrogens is 420 g/mol. The molecule has 8 nitrogen and oxygen atoms in total. The van der Waals surface area contributed by atoms with Gasteiger partial charge in [-0.1, -0.05) is 12.1 Å². The van der Waals surface area contributed by atoms with Gasteiger partial charge in [0.25, 0.3) is 5.91 Å². The monoisotopic (exact) mass is 450 g/mol. The molecular formula is C25H30N4O4. The minimum absolute atomic E-state index is 0.0488. The summed E-state index contributed by atoms with van der Waals surface area (Å²) in [7, 11) is 0. The van der Waals surface area contributed by atoms with E-state index >= 15 is 0 Å². The van der Waals surface area contributed by atoms with Gasteiger partial charge in [0, 0.05) is 41.7 Å². The molecule has 1 aliphatic carbocycles. The van der Waals surface area contributed by atoms with E-state index in [0.717, 1.165) is 49.2 Å². The van der Waals surface area contributed by atoms with E-state index in [1.54, 1.807) is 24.3 Å². The van der Waals surface area contributed by atoms with Crippen molar-refractivity contribution in [1.29, 1.82) is 0 Å². The second-order valence-corrected chi connectivity index (χ2v) is 8.57. The molecule has 33 heavy (non-hydrogen) atoms. The SMILES string of the molecule is Cc1c(NCC(=O)Nc2cccc(C(=O)NCC3CCCO3)c2)cccc1NC(=O)C1CC1. The van der Waals surface area contributed by atoms with Crippen LogP contribution in [-0.2, 0) is 14.3 Å². The number of carbonyl (C=O) groups excluding carboxylic acids is 3. The van der Waals surface area contributed by atoms with Crippen molar-refractivity contribution in [3.63, 3.8) is 0 Å². The number of hydrogen-bond acceptors (Lipinski definition) is 5. The van der Waals surface area contributed by atoms with Crippen molar-refractivity contribution in [1.82, 2.24) is 5.32 Å². The number of nitrogens with one attached hydrogen (secondary N) is 4. The Kier molecular flexibility index (Phi) is 7.24. The number of anilines is 3. The van der Waals surface area contributed by atoms with Gasteiger partial charge in [-0.3, -0.25) is 14.4 Å². The van der Waals surface area contributed by atoms with Gasteiger partial charge in [0.15, 0.2) is 0 Å². The first-order chi connectivity index (χ1) is 16.0. The molecule has 4 N–H and O–H groups in total. The molecule has 0 bridgehead atoms. The molecule has 1 aliphatic heterocycles. The zero-order valence-corrected chi connectivity index (χ0v) is 18.8. The molecule has 2 aliphatic rings. The van der Waals surface area contributed by atoms with Crippen LogP contribution in [0.3, 0.4) is 0 Å². The smallest absolute Gasteiger partial charge is 0.251 e. The van der Waals surface area contributed by atoms with Crippen LogP contribution in [0.4, 0.5) is 17.1 Å². The van der Waals surface area contributed by atoms with Gasteiger partial charge in [-0.15, -0.1) is 0 Å². The molecule has 1 heterocycles. The summed E-state index contributed by atoms with van der Waals surface area (Å²) in [4.78, 5) is 37.0. The van der Waals surface area contributed by atoms with E-state index in [0.29, 0.717) is 17.8 Å². The van der Waals surface area contributed by atoms with Gasteiger partial charge in [0.1, 0.15) is 0 Å². The van der Waals surface area contributed by atoms with Crippen LogP contribution in [0.15, 0.2) is 42.5 Å². The van der Waals surface area contributed by atoms with Crippen LogP contribution in [0.2, 0.25) is 0 Å². The Balaban J connectivity index is 1.28. The Bertz CT molecular complexity index is 1030. The van der Waals surface area contributed by atoms with E-state index in [9.17, 15) is 14.4 Å². The van der Waals surface area contributed by atoms with E-state index in [1.165, 1.54) is 0 Å². The minimum Gasteiger partial charge on any atom is -0.376 e. The lowest BCUT2D eigenvalue weighted by atomic mass is 10.1. The van der Waals surface area contributed by atoms with Crippen molar-refractivity contribution in [3.05, 3.63) is 53.6 Å². The van der Waals surface area contributed by atoms with E-state index in [2.05, 4.69) is 21.3 Å². The number of benzene rings is 2. The first kappa shape index (κ1) is 22.8. The van der Waals surface area contributed by atoms with Crippen LogP contribution in [0.5, 0.6) is 0 Å². The number of ether oxygens (including phenoxy) is 1. The third kappa shape index (κ3) is 6.32. The molecule has 1 saturated carbocycles. The van der Waals surface area contributed by atoms with Gasteiger partial charge >= 0.3 is 0 Å². The maximum Gasteiger partial charge on any atom is 0.251 e. The van der Waals surface area contributed by atoms with Gasteiger partial charge in [-0.05, 0) is 68.5 Å². The molecule has 8 heteroatoms. The van der Waals surface area contributed by atoms with Crippen LogP contribution in [-0.4, -0.2) is 43.5 Å². The summed E-state index contributed by atoms with van der Waals surface area (Å²) in [5, 5.41) is 11.8. The molecule has 2 fully saturated rings. The zero-order valence-electron chi connectivity index (χ0n) is 18.8. The predicted octanol–water partition coefficient (Wildman–Crippen LogP) is 3.30. The lowest BCUT2D eigenvalue weighted by Crippen LogP contribution is -2.31. The highest BCUT2D eigenvalue weighted by atomic mass is 16.5. The molecule has 1 unspecified atom stereocenters. The minimum atomic E-state index is -0.237. The molecule has 174 valence electrons. The Morgan fingerprint density at radius 1 is 1.00 bits per heavy atom. The van der Waals surface area contributed by atoms with Gasteiger partial charge < -0.3 is 26.0 Å². The Labute approximate surface area is 193 Å². The van der Waals surface area contributed by atoms with Crippen molar-refractivity contribution in [2.45, 2.75) is 38.7 Å². The molecule has 4 rings (SSSR count). The Hall–Kier alpha value is -3.39. The van der Waals surface area contributed by atoms with Gasteiger partial charge in [0.05, 0.1) is 12.6 Å². The van der Waals surface area contributed by atoms with Crippen molar-refractivity contribution in [2.75, 3.05) is 35.6 Å². The number of rotatable bonds is 9. The van der Waals surface area contributed by atoms with E-state index < -0.39 is 0 Å². The quantitative estimate of drug-likeness (QED) is 0.469. The summed E-state index contributed by atoms with van der Waals surface area (Å²) >= 11 is 0. The molecule has 0 radical (unpaired) electrons. The zero-order chi connectivity index (χ0) is 23.2. The second kappa shape index (κ2) is 10.5. The van der Waals surface area contributed by atoms with Crippen molar-refractivity contribution >= 4 is 34.8 Å². The topological polar surface area (TPSA) is 109 Å². The fourth-order valence-electron chi connectivity index (χ4n) is 3.78. The van der Waals surface area contributed by atoms with E-state index in [1.807, 2.05) is 25.1 Å².